The Kier molecular flexibility index (Phi) is 7.03. The summed E-state index contributed by atoms with van der Waals surface area (Å²) in [5.74, 6) is -0.560. The SMILES string of the molecule is C=CCNC(=O)c1cccc(S(=O)(=O)NCc2ccccc2OC(F)F)c1. The van der Waals surface area contributed by atoms with E-state index >= 15 is 0 Å². The topological polar surface area (TPSA) is 84.5 Å². The van der Waals surface area contributed by atoms with Gasteiger partial charge in [-0.15, -0.1) is 6.58 Å². The molecule has 27 heavy (non-hydrogen) atoms. The highest BCUT2D eigenvalue weighted by Crippen LogP contribution is 2.21. The lowest BCUT2D eigenvalue weighted by molar-refractivity contribution is -0.0504. The van der Waals surface area contributed by atoms with Crippen LogP contribution in [0.3, 0.4) is 0 Å². The summed E-state index contributed by atoms with van der Waals surface area (Å²) >= 11 is 0. The minimum Gasteiger partial charge on any atom is -0.434 e. The van der Waals surface area contributed by atoms with Crippen molar-refractivity contribution in [1.29, 1.82) is 0 Å². The maximum absolute atomic E-state index is 12.5. The molecule has 0 saturated heterocycles. The molecule has 0 aliphatic heterocycles. The Labute approximate surface area is 155 Å². The number of nitrogens with one attached hydrogen (secondary N) is 2. The van der Waals surface area contributed by atoms with Crippen LogP contribution in [0, 0.1) is 0 Å². The number of benzene rings is 2. The first-order valence-corrected chi connectivity index (χ1v) is 9.33. The minimum absolute atomic E-state index is 0.118. The van der Waals surface area contributed by atoms with Gasteiger partial charge in [-0.25, -0.2) is 13.1 Å². The van der Waals surface area contributed by atoms with E-state index in [4.69, 9.17) is 0 Å². The molecular weight excluding hydrogens is 378 g/mol. The molecule has 0 aliphatic carbocycles. The highest BCUT2D eigenvalue weighted by atomic mass is 32.2. The van der Waals surface area contributed by atoms with Gasteiger partial charge in [0.1, 0.15) is 5.75 Å². The van der Waals surface area contributed by atoms with E-state index in [0.29, 0.717) is 0 Å². The van der Waals surface area contributed by atoms with Gasteiger partial charge >= 0.3 is 6.61 Å². The molecule has 0 saturated carbocycles. The van der Waals surface area contributed by atoms with Gasteiger partial charge in [0.15, 0.2) is 0 Å². The van der Waals surface area contributed by atoms with Gasteiger partial charge in [-0.1, -0.05) is 30.3 Å². The van der Waals surface area contributed by atoms with E-state index in [2.05, 4.69) is 21.4 Å². The van der Waals surface area contributed by atoms with Crippen molar-refractivity contribution in [3.05, 3.63) is 72.3 Å². The lowest BCUT2D eigenvalue weighted by atomic mass is 10.2. The third-order valence-electron chi connectivity index (χ3n) is 3.45. The summed E-state index contributed by atoms with van der Waals surface area (Å²) in [5, 5.41) is 2.55. The van der Waals surface area contributed by atoms with Gasteiger partial charge < -0.3 is 10.1 Å². The van der Waals surface area contributed by atoms with Gasteiger partial charge in [0, 0.05) is 24.2 Å². The Bertz CT molecular complexity index is 917. The smallest absolute Gasteiger partial charge is 0.387 e. The lowest BCUT2D eigenvalue weighted by Crippen LogP contribution is -2.26. The third-order valence-corrected chi connectivity index (χ3v) is 4.85. The number of hydrogen-bond donors (Lipinski definition) is 2. The Morgan fingerprint density at radius 2 is 1.93 bits per heavy atom. The predicted molar refractivity (Wildman–Crippen MR) is 96.1 cm³/mol. The summed E-state index contributed by atoms with van der Waals surface area (Å²) < 4.78 is 56.5. The molecule has 1 amide bonds. The fraction of sp³-hybridized carbons (Fsp3) is 0.167. The number of para-hydroxylation sites is 1. The molecule has 2 aromatic carbocycles. The molecule has 6 nitrogen and oxygen atoms in total. The average Bonchev–Trinajstić information content (AvgIpc) is 2.65. The van der Waals surface area contributed by atoms with Crippen molar-refractivity contribution in [2.24, 2.45) is 0 Å². The summed E-state index contributed by atoms with van der Waals surface area (Å²) in [5.41, 5.74) is 0.419. The molecule has 0 bridgehead atoms. The van der Waals surface area contributed by atoms with Crippen molar-refractivity contribution in [3.63, 3.8) is 0 Å². The Morgan fingerprint density at radius 1 is 1.19 bits per heavy atom. The van der Waals surface area contributed by atoms with Crippen molar-refractivity contribution >= 4 is 15.9 Å². The van der Waals surface area contributed by atoms with E-state index in [0.717, 1.165) is 0 Å². The molecule has 144 valence electrons. The summed E-state index contributed by atoms with van der Waals surface area (Å²) in [4.78, 5) is 11.8. The van der Waals surface area contributed by atoms with Crippen LogP contribution < -0.4 is 14.8 Å². The average molecular weight is 396 g/mol. The summed E-state index contributed by atoms with van der Waals surface area (Å²) in [6.07, 6.45) is 1.50. The van der Waals surface area contributed by atoms with Crippen LogP contribution >= 0.6 is 0 Å². The summed E-state index contributed by atoms with van der Waals surface area (Å²) in [6.45, 7) is 0.457. The van der Waals surface area contributed by atoms with Crippen molar-refractivity contribution < 1.29 is 26.7 Å². The maximum atomic E-state index is 12.5. The number of ether oxygens (including phenoxy) is 1. The molecule has 0 unspecified atom stereocenters. The van der Waals surface area contributed by atoms with E-state index < -0.39 is 22.5 Å². The molecule has 0 aromatic heterocycles. The number of hydrogen-bond acceptors (Lipinski definition) is 4. The predicted octanol–water partition coefficient (Wildman–Crippen LogP) is 2.68. The summed E-state index contributed by atoms with van der Waals surface area (Å²) in [6, 6.07) is 11.3. The van der Waals surface area contributed by atoms with Crippen molar-refractivity contribution in [2.75, 3.05) is 6.54 Å². The molecule has 2 rings (SSSR count). The highest BCUT2D eigenvalue weighted by molar-refractivity contribution is 7.89. The Balaban J connectivity index is 2.16. The largest absolute Gasteiger partial charge is 0.434 e. The fourth-order valence-electron chi connectivity index (χ4n) is 2.19. The second-order valence-electron chi connectivity index (χ2n) is 5.34. The summed E-state index contributed by atoms with van der Waals surface area (Å²) in [7, 11) is -3.97. The molecule has 0 heterocycles. The van der Waals surface area contributed by atoms with E-state index in [1.54, 1.807) is 6.07 Å². The molecule has 0 fully saturated rings. The molecule has 0 spiro atoms. The van der Waals surface area contributed by atoms with Crippen molar-refractivity contribution in [2.45, 2.75) is 18.1 Å². The number of halogens is 2. The van der Waals surface area contributed by atoms with Crippen LogP contribution in [-0.4, -0.2) is 27.5 Å². The van der Waals surface area contributed by atoms with Gasteiger partial charge in [0.25, 0.3) is 5.91 Å². The second kappa shape index (κ2) is 9.24. The Hall–Kier alpha value is -2.78. The zero-order valence-corrected chi connectivity index (χ0v) is 15.0. The number of carbonyl (C=O) groups is 1. The van der Waals surface area contributed by atoms with Gasteiger partial charge in [0.2, 0.25) is 10.0 Å². The number of rotatable bonds is 9. The standard InChI is InChI=1S/C18H18F2N2O4S/c1-2-10-21-17(23)13-7-5-8-15(11-13)27(24,25)22-12-14-6-3-4-9-16(14)26-18(19)20/h2-9,11,18,22H,1,10,12H2,(H,21,23). The Morgan fingerprint density at radius 3 is 2.63 bits per heavy atom. The molecule has 2 aromatic rings. The molecule has 9 heteroatoms. The number of sulfonamides is 1. The number of alkyl halides is 2. The van der Waals surface area contributed by atoms with Crippen molar-refractivity contribution in [3.8, 4) is 5.75 Å². The second-order valence-corrected chi connectivity index (χ2v) is 7.10. The van der Waals surface area contributed by atoms with Crippen molar-refractivity contribution in [1.82, 2.24) is 10.0 Å². The first-order valence-electron chi connectivity index (χ1n) is 7.85. The number of carbonyl (C=O) groups excluding carboxylic acids is 1. The van der Waals surface area contributed by atoms with Crippen LogP contribution in [0.15, 0.2) is 66.1 Å². The van der Waals surface area contributed by atoms with Gasteiger partial charge in [-0.3, -0.25) is 4.79 Å². The van der Waals surface area contributed by atoms with Crippen LogP contribution in [0.5, 0.6) is 5.75 Å². The van der Waals surface area contributed by atoms with Crippen LogP contribution in [0.4, 0.5) is 8.78 Å². The first kappa shape index (κ1) is 20.5. The molecule has 0 aliphatic rings. The minimum atomic E-state index is -3.97. The van der Waals surface area contributed by atoms with Crippen LogP contribution in [0.1, 0.15) is 15.9 Å². The molecular formula is C18H18F2N2O4S. The van der Waals surface area contributed by atoms with Crippen LogP contribution in [0.25, 0.3) is 0 Å². The van der Waals surface area contributed by atoms with E-state index in [9.17, 15) is 22.0 Å². The monoisotopic (exact) mass is 396 g/mol. The van der Waals surface area contributed by atoms with Gasteiger partial charge in [-0.05, 0) is 24.3 Å². The molecule has 0 atom stereocenters. The van der Waals surface area contributed by atoms with Gasteiger partial charge in [0.05, 0.1) is 4.90 Å². The highest BCUT2D eigenvalue weighted by Gasteiger charge is 2.17. The van der Waals surface area contributed by atoms with E-state index in [1.165, 1.54) is 48.5 Å². The fourth-order valence-corrected chi connectivity index (χ4v) is 3.24. The van der Waals surface area contributed by atoms with Gasteiger partial charge in [-0.2, -0.15) is 8.78 Å². The maximum Gasteiger partial charge on any atom is 0.387 e. The lowest BCUT2D eigenvalue weighted by Gasteiger charge is -2.12. The van der Waals surface area contributed by atoms with Crippen LogP contribution in [-0.2, 0) is 16.6 Å². The van der Waals surface area contributed by atoms with E-state index in [-0.39, 0.29) is 34.9 Å². The zero-order valence-electron chi connectivity index (χ0n) is 14.2. The molecule has 0 radical (unpaired) electrons. The normalized spacial score (nSPS) is 11.2. The zero-order chi connectivity index (χ0) is 19.9. The van der Waals surface area contributed by atoms with Crippen LogP contribution in [0.2, 0.25) is 0 Å². The third kappa shape index (κ3) is 5.87. The quantitative estimate of drug-likeness (QED) is 0.639. The molecule has 2 N–H and O–H groups in total. The van der Waals surface area contributed by atoms with E-state index in [1.807, 2.05) is 0 Å². The number of amides is 1. The first-order chi connectivity index (χ1) is 12.8.